The minimum atomic E-state index is -0.118. The molecule has 59 heavy (non-hydrogen) atoms. The molecular formula is C54H36N4O. The molecule has 0 bridgehead atoms. The second-order valence-corrected chi connectivity index (χ2v) is 16.0. The molecule has 5 heteroatoms. The van der Waals surface area contributed by atoms with Crippen molar-refractivity contribution in [2.75, 3.05) is 0 Å². The zero-order valence-corrected chi connectivity index (χ0v) is 32.5. The predicted molar refractivity (Wildman–Crippen MR) is 241 cm³/mol. The molecular weight excluding hydrogens is 721 g/mol. The molecule has 0 amide bonds. The van der Waals surface area contributed by atoms with Crippen LogP contribution in [-0.2, 0) is 5.41 Å². The van der Waals surface area contributed by atoms with Crippen LogP contribution < -0.4 is 0 Å². The Labute approximate surface area is 340 Å². The van der Waals surface area contributed by atoms with Gasteiger partial charge in [-0.1, -0.05) is 153 Å². The highest BCUT2D eigenvalue weighted by Crippen LogP contribution is 2.51. The third-order valence-electron chi connectivity index (χ3n) is 12.3. The third kappa shape index (κ3) is 5.14. The second kappa shape index (κ2) is 12.7. The summed E-state index contributed by atoms with van der Waals surface area (Å²) in [6.07, 6.45) is 0. The number of aromatic nitrogens is 4. The molecule has 0 atom stereocenters. The van der Waals surface area contributed by atoms with Crippen molar-refractivity contribution in [3.05, 3.63) is 193 Å². The van der Waals surface area contributed by atoms with Crippen LogP contribution in [0.3, 0.4) is 0 Å². The van der Waals surface area contributed by atoms with E-state index in [0.717, 1.165) is 61.0 Å². The minimum Gasteiger partial charge on any atom is -0.456 e. The zero-order valence-electron chi connectivity index (χ0n) is 32.5. The van der Waals surface area contributed by atoms with Gasteiger partial charge in [-0.25, -0.2) is 15.0 Å². The topological polar surface area (TPSA) is 56.7 Å². The molecule has 11 aromatic rings. The van der Waals surface area contributed by atoms with Gasteiger partial charge in [0.2, 0.25) is 0 Å². The molecule has 3 aromatic heterocycles. The monoisotopic (exact) mass is 756 g/mol. The first-order valence-corrected chi connectivity index (χ1v) is 20.1. The fourth-order valence-corrected chi connectivity index (χ4v) is 9.37. The molecule has 0 N–H and O–H groups in total. The highest BCUT2D eigenvalue weighted by atomic mass is 16.3. The maximum absolute atomic E-state index is 6.59. The van der Waals surface area contributed by atoms with E-state index in [-0.39, 0.29) is 5.41 Å². The molecule has 1 aliphatic carbocycles. The average molecular weight is 757 g/mol. The first kappa shape index (κ1) is 33.5. The van der Waals surface area contributed by atoms with E-state index >= 15 is 0 Å². The highest BCUT2D eigenvalue weighted by Gasteiger charge is 2.36. The summed E-state index contributed by atoms with van der Waals surface area (Å²) in [7, 11) is 0. The molecule has 12 rings (SSSR count). The number of fused-ring (bicyclic) bond motifs is 9. The van der Waals surface area contributed by atoms with Crippen LogP contribution in [0.2, 0.25) is 0 Å². The van der Waals surface area contributed by atoms with Gasteiger partial charge >= 0.3 is 0 Å². The first-order chi connectivity index (χ1) is 29.0. The molecule has 278 valence electrons. The number of rotatable bonds is 5. The summed E-state index contributed by atoms with van der Waals surface area (Å²) in [5.74, 6) is 1.82. The number of furan rings is 1. The highest BCUT2D eigenvalue weighted by molar-refractivity contribution is 6.14. The Morgan fingerprint density at radius 3 is 1.83 bits per heavy atom. The van der Waals surface area contributed by atoms with Crippen molar-refractivity contribution >= 4 is 43.7 Å². The van der Waals surface area contributed by atoms with Gasteiger partial charge in [0.15, 0.2) is 17.5 Å². The van der Waals surface area contributed by atoms with Crippen LogP contribution >= 0.6 is 0 Å². The van der Waals surface area contributed by atoms with E-state index in [9.17, 15) is 0 Å². The van der Waals surface area contributed by atoms with E-state index in [1.54, 1.807) is 0 Å². The fourth-order valence-electron chi connectivity index (χ4n) is 9.37. The lowest BCUT2D eigenvalue weighted by Crippen LogP contribution is -2.14. The van der Waals surface area contributed by atoms with E-state index in [1.807, 2.05) is 48.5 Å². The Hall–Kier alpha value is -7.63. The summed E-state index contributed by atoms with van der Waals surface area (Å²) in [6, 6.07) is 64.1. The van der Waals surface area contributed by atoms with Gasteiger partial charge in [0.1, 0.15) is 11.2 Å². The van der Waals surface area contributed by atoms with E-state index in [4.69, 9.17) is 19.4 Å². The van der Waals surface area contributed by atoms with Gasteiger partial charge in [0.05, 0.1) is 11.0 Å². The van der Waals surface area contributed by atoms with Crippen molar-refractivity contribution in [1.82, 2.24) is 19.5 Å². The average Bonchev–Trinajstić information content (AvgIpc) is 3.91. The maximum atomic E-state index is 6.59. The summed E-state index contributed by atoms with van der Waals surface area (Å²) in [5, 5.41) is 4.45. The van der Waals surface area contributed by atoms with Crippen LogP contribution in [0.4, 0.5) is 0 Å². The lowest BCUT2D eigenvalue weighted by atomic mass is 9.82. The molecule has 3 heterocycles. The maximum Gasteiger partial charge on any atom is 0.164 e. The van der Waals surface area contributed by atoms with Crippen molar-refractivity contribution in [2.24, 2.45) is 0 Å². The molecule has 0 radical (unpaired) electrons. The van der Waals surface area contributed by atoms with Crippen molar-refractivity contribution in [3.8, 4) is 62.1 Å². The molecule has 0 unspecified atom stereocenters. The molecule has 0 fully saturated rings. The van der Waals surface area contributed by atoms with E-state index in [1.165, 1.54) is 38.5 Å². The Morgan fingerprint density at radius 1 is 0.407 bits per heavy atom. The number of para-hydroxylation sites is 1. The fraction of sp³-hybridized carbons (Fsp3) is 0.0556. The Balaban J connectivity index is 1.06. The molecule has 0 saturated heterocycles. The van der Waals surface area contributed by atoms with Crippen LogP contribution in [0, 0.1) is 0 Å². The predicted octanol–water partition coefficient (Wildman–Crippen LogP) is 13.8. The number of benzene rings is 8. The van der Waals surface area contributed by atoms with Gasteiger partial charge in [-0.3, -0.25) is 0 Å². The summed E-state index contributed by atoms with van der Waals surface area (Å²) in [6.45, 7) is 4.69. The lowest BCUT2D eigenvalue weighted by Gasteiger charge is -2.21. The van der Waals surface area contributed by atoms with E-state index in [0.29, 0.717) is 17.5 Å². The van der Waals surface area contributed by atoms with Gasteiger partial charge < -0.3 is 8.98 Å². The van der Waals surface area contributed by atoms with Crippen LogP contribution in [0.15, 0.2) is 186 Å². The summed E-state index contributed by atoms with van der Waals surface area (Å²) < 4.78 is 9.01. The second-order valence-electron chi connectivity index (χ2n) is 16.0. The van der Waals surface area contributed by atoms with Gasteiger partial charge in [-0.2, -0.15) is 0 Å². The zero-order chi connectivity index (χ0) is 39.2. The first-order valence-electron chi connectivity index (χ1n) is 20.1. The minimum absolute atomic E-state index is 0.118. The van der Waals surface area contributed by atoms with E-state index in [2.05, 4.69) is 152 Å². The van der Waals surface area contributed by atoms with Crippen LogP contribution in [-0.4, -0.2) is 19.5 Å². The standard InChI is InChI=1S/C54H36N4O/c1-54(2)44-21-11-9-18-38(44)41-31-42-39-19-10-12-22-46(39)58(47(42)32-45(41)54)37-28-29-48-43(30-37)50-40(20-13-23-49(50)59-48)53-56-51(35-16-7-4-8-17-35)55-52(57-53)36-26-24-34(25-27-36)33-14-5-3-6-15-33/h3-32H,1-2H3. The lowest BCUT2D eigenvalue weighted by molar-refractivity contribution is 0.661. The number of hydrogen-bond acceptors (Lipinski definition) is 4. The smallest absolute Gasteiger partial charge is 0.164 e. The Kier molecular flexibility index (Phi) is 7.20. The third-order valence-corrected chi connectivity index (χ3v) is 12.3. The Morgan fingerprint density at radius 2 is 1.03 bits per heavy atom. The molecule has 8 aromatic carbocycles. The van der Waals surface area contributed by atoms with Gasteiger partial charge in [0, 0.05) is 49.3 Å². The summed E-state index contributed by atoms with van der Waals surface area (Å²) in [5.41, 5.74) is 15.3. The van der Waals surface area contributed by atoms with Crippen LogP contribution in [0.5, 0.6) is 0 Å². The Bertz CT molecular complexity index is 3450. The largest absolute Gasteiger partial charge is 0.456 e. The molecule has 0 aliphatic heterocycles. The van der Waals surface area contributed by atoms with Gasteiger partial charge in [0.25, 0.3) is 0 Å². The summed E-state index contributed by atoms with van der Waals surface area (Å²) in [4.78, 5) is 15.4. The number of nitrogens with zero attached hydrogens (tertiary/aromatic N) is 4. The van der Waals surface area contributed by atoms with Crippen molar-refractivity contribution < 1.29 is 4.42 Å². The molecule has 1 aliphatic rings. The molecule has 0 spiro atoms. The summed E-state index contributed by atoms with van der Waals surface area (Å²) >= 11 is 0. The van der Waals surface area contributed by atoms with E-state index < -0.39 is 0 Å². The quantitative estimate of drug-likeness (QED) is 0.175. The normalized spacial score (nSPS) is 13.1. The number of hydrogen-bond donors (Lipinski definition) is 0. The van der Waals surface area contributed by atoms with Crippen molar-refractivity contribution in [1.29, 1.82) is 0 Å². The SMILES string of the molecule is CC1(C)c2ccccc2-c2cc3c4ccccc4n(-c4ccc5oc6cccc(-c7nc(-c8ccccc8)nc(-c8ccc(-c9ccccc9)cc8)n7)c6c5c4)c3cc21. The molecule has 0 saturated carbocycles. The van der Waals surface area contributed by atoms with Crippen molar-refractivity contribution in [3.63, 3.8) is 0 Å². The van der Waals surface area contributed by atoms with Gasteiger partial charge in [-0.15, -0.1) is 0 Å². The van der Waals surface area contributed by atoms with Crippen LogP contribution in [0.25, 0.3) is 106 Å². The molecule has 5 nitrogen and oxygen atoms in total. The van der Waals surface area contributed by atoms with Gasteiger partial charge in [-0.05, 0) is 75.8 Å². The van der Waals surface area contributed by atoms with Crippen molar-refractivity contribution in [2.45, 2.75) is 19.3 Å². The van der Waals surface area contributed by atoms with Crippen LogP contribution in [0.1, 0.15) is 25.0 Å².